The van der Waals surface area contributed by atoms with E-state index in [1.54, 1.807) is 42.5 Å². The number of carboxylic acids is 1. The lowest BCUT2D eigenvalue weighted by atomic mass is 10.1. The van der Waals surface area contributed by atoms with Gasteiger partial charge in [-0.15, -0.1) is 0 Å². The maximum Gasteiger partial charge on any atom is 0.349 e. The highest BCUT2D eigenvalue weighted by atomic mass is 79.9. The van der Waals surface area contributed by atoms with Gasteiger partial charge in [-0.25, -0.2) is 4.79 Å². The average Bonchev–Trinajstić information content (AvgIpc) is 2.47. The Morgan fingerprint density at radius 3 is 2.52 bits per heavy atom. The smallest absolute Gasteiger partial charge is 0.349 e. The van der Waals surface area contributed by atoms with Crippen LogP contribution in [-0.2, 0) is 4.79 Å². The van der Waals surface area contributed by atoms with Crippen molar-refractivity contribution in [3.63, 3.8) is 0 Å². The fourth-order valence-corrected chi connectivity index (χ4v) is 2.20. The van der Waals surface area contributed by atoms with Gasteiger partial charge in [0.2, 0.25) is 6.10 Å². The summed E-state index contributed by atoms with van der Waals surface area (Å²) in [4.78, 5) is 11.5. The molecule has 0 fully saturated rings. The Labute approximate surface area is 131 Å². The second-order valence-electron chi connectivity index (χ2n) is 4.27. The largest absolute Gasteiger partial charge is 0.490 e. The summed E-state index contributed by atoms with van der Waals surface area (Å²) in [6.45, 7) is 2.33. The quantitative estimate of drug-likeness (QED) is 0.853. The molecule has 4 nitrogen and oxygen atoms in total. The van der Waals surface area contributed by atoms with E-state index in [1.807, 2.05) is 13.0 Å². The molecule has 2 aromatic rings. The molecule has 110 valence electrons. The van der Waals surface area contributed by atoms with Gasteiger partial charge >= 0.3 is 5.97 Å². The number of rotatable bonds is 6. The second-order valence-corrected chi connectivity index (χ2v) is 5.19. The Bertz CT molecular complexity index is 613. The van der Waals surface area contributed by atoms with E-state index < -0.39 is 12.1 Å². The van der Waals surface area contributed by atoms with Crippen LogP contribution in [0.2, 0.25) is 0 Å². The van der Waals surface area contributed by atoms with Crippen molar-refractivity contribution in [1.82, 2.24) is 0 Å². The van der Waals surface area contributed by atoms with Crippen molar-refractivity contribution in [2.75, 3.05) is 6.61 Å². The molecule has 0 aliphatic heterocycles. The van der Waals surface area contributed by atoms with Crippen molar-refractivity contribution in [3.05, 3.63) is 58.6 Å². The highest BCUT2D eigenvalue weighted by molar-refractivity contribution is 9.10. The van der Waals surface area contributed by atoms with E-state index in [1.165, 1.54) is 0 Å². The first-order valence-corrected chi connectivity index (χ1v) is 7.28. The molecule has 0 amide bonds. The molecule has 0 aromatic heterocycles. The van der Waals surface area contributed by atoms with E-state index in [2.05, 4.69) is 15.9 Å². The molecule has 21 heavy (non-hydrogen) atoms. The zero-order chi connectivity index (χ0) is 15.2. The summed E-state index contributed by atoms with van der Waals surface area (Å²) in [7, 11) is 0. The van der Waals surface area contributed by atoms with E-state index in [4.69, 9.17) is 9.47 Å². The van der Waals surface area contributed by atoms with Crippen LogP contribution in [0.15, 0.2) is 53.0 Å². The number of hydrogen-bond acceptors (Lipinski definition) is 3. The molecule has 0 radical (unpaired) electrons. The standard InChI is InChI=1S/C16H15BrO4/c1-2-20-14-10-12(17)8-9-13(14)21-15(16(18)19)11-6-4-3-5-7-11/h3-10,15H,2H2,1H3,(H,18,19). The molecule has 0 saturated heterocycles. The Morgan fingerprint density at radius 1 is 1.19 bits per heavy atom. The van der Waals surface area contributed by atoms with E-state index in [0.29, 0.717) is 23.7 Å². The lowest BCUT2D eigenvalue weighted by Crippen LogP contribution is -2.18. The van der Waals surface area contributed by atoms with E-state index >= 15 is 0 Å². The van der Waals surface area contributed by atoms with Crippen LogP contribution in [0.25, 0.3) is 0 Å². The van der Waals surface area contributed by atoms with E-state index in [-0.39, 0.29) is 0 Å². The van der Waals surface area contributed by atoms with Crippen LogP contribution in [0, 0.1) is 0 Å². The second kappa shape index (κ2) is 7.13. The minimum absolute atomic E-state index is 0.399. The fraction of sp³-hybridized carbons (Fsp3) is 0.188. The Kier molecular flexibility index (Phi) is 5.22. The third-order valence-corrected chi connectivity index (χ3v) is 3.27. The van der Waals surface area contributed by atoms with Crippen LogP contribution >= 0.6 is 15.9 Å². The van der Waals surface area contributed by atoms with Gasteiger partial charge in [-0.2, -0.15) is 0 Å². The maximum absolute atomic E-state index is 11.5. The molecular weight excluding hydrogens is 336 g/mol. The number of benzene rings is 2. The van der Waals surface area contributed by atoms with Crippen molar-refractivity contribution in [3.8, 4) is 11.5 Å². The number of aliphatic carboxylic acids is 1. The molecule has 0 heterocycles. The van der Waals surface area contributed by atoms with Crippen LogP contribution in [-0.4, -0.2) is 17.7 Å². The predicted molar refractivity (Wildman–Crippen MR) is 82.8 cm³/mol. The van der Waals surface area contributed by atoms with Gasteiger partial charge in [0.25, 0.3) is 0 Å². The molecule has 0 bridgehead atoms. The van der Waals surface area contributed by atoms with Crippen LogP contribution in [0.3, 0.4) is 0 Å². The molecule has 0 saturated carbocycles. The lowest BCUT2D eigenvalue weighted by Gasteiger charge is -2.18. The van der Waals surface area contributed by atoms with Gasteiger partial charge in [0.05, 0.1) is 6.61 Å². The first-order valence-electron chi connectivity index (χ1n) is 6.48. The number of carboxylic acid groups (broad SMARTS) is 1. The third-order valence-electron chi connectivity index (χ3n) is 2.78. The van der Waals surface area contributed by atoms with Crippen molar-refractivity contribution in [1.29, 1.82) is 0 Å². The summed E-state index contributed by atoms with van der Waals surface area (Å²) in [5, 5.41) is 9.39. The first kappa shape index (κ1) is 15.4. The van der Waals surface area contributed by atoms with Crippen molar-refractivity contribution >= 4 is 21.9 Å². The average molecular weight is 351 g/mol. The Hall–Kier alpha value is -2.01. The molecule has 0 aliphatic rings. The molecular formula is C16H15BrO4. The van der Waals surface area contributed by atoms with Crippen LogP contribution in [0.1, 0.15) is 18.6 Å². The highest BCUT2D eigenvalue weighted by Gasteiger charge is 2.23. The van der Waals surface area contributed by atoms with E-state index in [9.17, 15) is 9.90 Å². The van der Waals surface area contributed by atoms with Crippen LogP contribution in [0.5, 0.6) is 11.5 Å². The van der Waals surface area contributed by atoms with Crippen molar-refractivity contribution in [2.24, 2.45) is 0 Å². The highest BCUT2D eigenvalue weighted by Crippen LogP contribution is 2.34. The summed E-state index contributed by atoms with van der Waals surface area (Å²) in [5.41, 5.74) is 0.579. The summed E-state index contributed by atoms with van der Waals surface area (Å²) in [6, 6.07) is 14.0. The van der Waals surface area contributed by atoms with Gasteiger partial charge in [0.15, 0.2) is 11.5 Å². The predicted octanol–water partition coefficient (Wildman–Crippen LogP) is 4.05. The van der Waals surface area contributed by atoms with Gasteiger partial charge in [-0.05, 0) is 25.1 Å². The third kappa shape index (κ3) is 3.98. The molecule has 2 aromatic carbocycles. The number of halogens is 1. The minimum Gasteiger partial charge on any atom is -0.490 e. The number of hydrogen-bond donors (Lipinski definition) is 1. The molecule has 0 spiro atoms. The van der Waals surface area contributed by atoms with Gasteiger partial charge in [0, 0.05) is 10.0 Å². The monoisotopic (exact) mass is 350 g/mol. The Balaban J connectivity index is 2.31. The van der Waals surface area contributed by atoms with Crippen LogP contribution in [0.4, 0.5) is 0 Å². The van der Waals surface area contributed by atoms with Crippen LogP contribution < -0.4 is 9.47 Å². The molecule has 2 rings (SSSR count). The van der Waals surface area contributed by atoms with Crippen molar-refractivity contribution in [2.45, 2.75) is 13.0 Å². The normalized spacial score (nSPS) is 11.7. The molecule has 1 N–H and O–H groups in total. The molecule has 1 unspecified atom stereocenters. The SMILES string of the molecule is CCOc1cc(Br)ccc1OC(C(=O)O)c1ccccc1. The lowest BCUT2D eigenvalue weighted by molar-refractivity contribution is -0.145. The number of ether oxygens (including phenoxy) is 2. The van der Waals surface area contributed by atoms with Gasteiger partial charge in [0.1, 0.15) is 0 Å². The summed E-state index contributed by atoms with van der Waals surface area (Å²) < 4.78 is 12.0. The van der Waals surface area contributed by atoms with E-state index in [0.717, 1.165) is 4.47 Å². The summed E-state index contributed by atoms with van der Waals surface area (Å²) in [6.07, 6.45) is -1.08. The van der Waals surface area contributed by atoms with Gasteiger partial charge in [-0.3, -0.25) is 0 Å². The topological polar surface area (TPSA) is 55.8 Å². The molecule has 0 aliphatic carbocycles. The fourth-order valence-electron chi connectivity index (χ4n) is 1.86. The first-order chi connectivity index (χ1) is 10.1. The van der Waals surface area contributed by atoms with Gasteiger partial charge in [-0.1, -0.05) is 46.3 Å². The Morgan fingerprint density at radius 2 is 1.90 bits per heavy atom. The van der Waals surface area contributed by atoms with Crippen molar-refractivity contribution < 1.29 is 19.4 Å². The zero-order valence-corrected chi connectivity index (χ0v) is 13.0. The molecule has 5 heteroatoms. The van der Waals surface area contributed by atoms with Gasteiger partial charge < -0.3 is 14.6 Å². The molecule has 1 atom stereocenters. The number of carbonyl (C=O) groups is 1. The zero-order valence-electron chi connectivity index (χ0n) is 11.5. The maximum atomic E-state index is 11.5. The minimum atomic E-state index is -1.08. The summed E-state index contributed by atoms with van der Waals surface area (Å²) in [5.74, 6) is -0.142. The summed E-state index contributed by atoms with van der Waals surface area (Å²) >= 11 is 3.35.